The second-order valence-corrected chi connectivity index (χ2v) is 2.24. The first kappa shape index (κ1) is 8.73. The summed E-state index contributed by atoms with van der Waals surface area (Å²) < 4.78 is 4.77. The number of ether oxygens (including phenoxy) is 1. The van der Waals surface area contributed by atoms with E-state index in [1.54, 1.807) is 13.3 Å². The number of nitrogens with one attached hydrogen (secondary N) is 2. The summed E-state index contributed by atoms with van der Waals surface area (Å²) in [4.78, 5) is 11.2. The van der Waals surface area contributed by atoms with Gasteiger partial charge in [-0.2, -0.15) is 5.10 Å². The highest BCUT2D eigenvalue weighted by atomic mass is 16.5. The van der Waals surface area contributed by atoms with Crippen LogP contribution in [0.1, 0.15) is 10.4 Å². The normalized spacial score (nSPS) is 9.75. The molecule has 0 aromatic carbocycles. The minimum atomic E-state index is -0.138. The van der Waals surface area contributed by atoms with Crippen molar-refractivity contribution < 1.29 is 9.53 Å². The smallest absolute Gasteiger partial charge is 0.254 e. The van der Waals surface area contributed by atoms with Crippen molar-refractivity contribution in [1.82, 2.24) is 15.5 Å². The van der Waals surface area contributed by atoms with Gasteiger partial charge in [0.15, 0.2) is 0 Å². The molecule has 1 aromatic rings. The average molecular weight is 169 g/mol. The third-order valence-corrected chi connectivity index (χ3v) is 1.35. The summed E-state index contributed by atoms with van der Waals surface area (Å²) in [5.41, 5.74) is 0.533. The van der Waals surface area contributed by atoms with E-state index in [1.807, 2.05) is 0 Å². The Kier molecular flexibility index (Phi) is 3.28. The Hall–Kier alpha value is -1.36. The molecule has 0 radical (unpaired) electrons. The second-order valence-electron chi connectivity index (χ2n) is 2.24. The van der Waals surface area contributed by atoms with E-state index in [0.29, 0.717) is 18.7 Å². The lowest BCUT2D eigenvalue weighted by Gasteiger charge is -2.00. The Morgan fingerprint density at radius 2 is 2.67 bits per heavy atom. The number of nitrogens with zero attached hydrogens (tertiary/aromatic N) is 1. The van der Waals surface area contributed by atoms with Crippen molar-refractivity contribution in [2.24, 2.45) is 0 Å². The molecule has 1 aromatic heterocycles. The van der Waals surface area contributed by atoms with Crippen molar-refractivity contribution in [1.29, 1.82) is 0 Å². The average Bonchev–Trinajstić information content (AvgIpc) is 2.56. The molecule has 0 fully saturated rings. The van der Waals surface area contributed by atoms with E-state index in [0.717, 1.165) is 0 Å². The van der Waals surface area contributed by atoms with Gasteiger partial charge in [-0.1, -0.05) is 0 Å². The lowest BCUT2D eigenvalue weighted by molar-refractivity contribution is 0.0937. The fourth-order valence-electron chi connectivity index (χ4n) is 0.744. The highest BCUT2D eigenvalue weighted by Crippen LogP contribution is 1.91. The van der Waals surface area contributed by atoms with E-state index < -0.39 is 0 Å². The number of amides is 1. The molecular weight excluding hydrogens is 158 g/mol. The van der Waals surface area contributed by atoms with Crippen LogP contribution in [0.5, 0.6) is 0 Å². The SMILES string of the molecule is COCCNC(=O)c1cn[nH]c1. The summed E-state index contributed by atoms with van der Waals surface area (Å²) in [6.07, 6.45) is 3.02. The summed E-state index contributed by atoms with van der Waals surface area (Å²) in [5, 5.41) is 8.88. The zero-order valence-corrected chi connectivity index (χ0v) is 6.83. The van der Waals surface area contributed by atoms with Crippen molar-refractivity contribution in [2.75, 3.05) is 20.3 Å². The van der Waals surface area contributed by atoms with Gasteiger partial charge >= 0.3 is 0 Å². The van der Waals surface area contributed by atoms with Crippen molar-refractivity contribution in [3.05, 3.63) is 18.0 Å². The minimum Gasteiger partial charge on any atom is -0.383 e. The zero-order chi connectivity index (χ0) is 8.81. The summed E-state index contributed by atoms with van der Waals surface area (Å²) in [6, 6.07) is 0. The fraction of sp³-hybridized carbons (Fsp3) is 0.429. The lowest BCUT2D eigenvalue weighted by atomic mass is 10.3. The quantitative estimate of drug-likeness (QED) is 0.612. The molecule has 66 valence electrons. The van der Waals surface area contributed by atoms with Gasteiger partial charge in [0.1, 0.15) is 0 Å². The third-order valence-electron chi connectivity index (χ3n) is 1.35. The van der Waals surface area contributed by atoms with Gasteiger partial charge < -0.3 is 10.1 Å². The summed E-state index contributed by atoms with van der Waals surface area (Å²) in [7, 11) is 1.59. The van der Waals surface area contributed by atoms with Gasteiger partial charge in [0.05, 0.1) is 18.4 Å². The van der Waals surface area contributed by atoms with E-state index in [2.05, 4.69) is 15.5 Å². The molecule has 0 spiro atoms. The number of methoxy groups -OCH3 is 1. The first-order valence-electron chi connectivity index (χ1n) is 3.60. The van der Waals surface area contributed by atoms with Gasteiger partial charge in [0.25, 0.3) is 5.91 Å². The van der Waals surface area contributed by atoms with Crippen LogP contribution in [0.4, 0.5) is 0 Å². The Balaban J connectivity index is 2.30. The lowest BCUT2D eigenvalue weighted by Crippen LogP contribution is -2.26. The van der Waals surface area contributed by atoms with Crippen LogP contribution in [0.25, 0.3) is 0 Å². The van der Waals surface area contributed by atoms with Crippen LogP contribution in [0.15, 0.2) is 12.4 Å². The molecule has 5 nitrogen and oxygen atoms in total. The van der Waals surface area contributed by atoms with Gasteiger partial charge in [0.2, 0.25) is 0 Å². The van der Waals surface area contributed by atoms with Gasteiger partial charge in [-0.15, -0.1) is 0 Å². The van der Waals surface area contributed by atoms with Gasteiger partial charge in [-0.05, 0) is 0 Å². The van der Waals surface area contributed by atoms with Crippen molar-refractivity contribution in [3.63, 3.8) is 0 Å². The number of hydrogen-bond acceptors (Lipinski definition) is 3. The van der Waals surface area contributed by atoms with Crippen LogP contribution < -0.4 is 5.32 Å². The maximum Gasteiger partial charge on any atom is 0.254 e. The molecule has 5 heteroatoms. The summed E-state index contributed by atoms with van der Waals surface area (Å²) in [5.74, 6) is -0.138. The molecule has 0 bridgehead atoms. The molecule has 0 saturated carbocycles. The molecule has 0 saturated heterocycles. The molecule has 0 atom stereocenters. The third kappa shape index (κ3) is 2.35. The molecule has 0 aliphatic carbocycles. The summed E-state index contributed by atoms with van der Waals surface area (Å²) >= 11 is 0. The van der Waals surface area contributed by atoms with E-state index in [4.69, 9.17) is 4.74 Å². The van der Waals surface area contributed by atoms with Crippen LogP contribution >= 0.6 is 0 Å². The highest BCUT2D eigenvalue weighted by Gasteiger charge is 2.03. The van der Waals surface area contributed by atoms with E-state index >= 15 is 0 Å². The van der Waals surface area contributed by atoms with E-state index in [9.17, 15) is 4.79 Å². The largest absolute Gasteiger partial charge is 0.383 e. The number of carbonyl (C=O) groups excluding carboxylic acids is 1. The van der Waals surface area contributed by atoms with Crippen molar-refractivity contribution in [3.8, 4) is 0 Å². The molecule has 1 heterocycles. The first-order valence-corrected chi connectivity index (χ1v) is 3.60. The molecule has 1 rings (SSSR count). The Bertz CT molecular complexity index is 233. The monoisotopic (exact) mass is 169 g/mol. The molecule has 0 aliphatic rings. The maximum atomic E-state index is 11.2. The topological polar surface area (TPSA) is 67.0 Å². The van der Waals surface area contributed by atoms with Crippen LogP contribution in [0.3, 0.4) is 0 Å². The molecule has 0 unspecified atom stereocenters. The Labute approximate surface area is 70.1 Å². The second kappa shape index (κ2) is 4.50. The van der Waals surface area contributed by atoms with Crippen LogP contribution in [0.2, 0.25) is 0 Å². The van der Waals surface area contributed by atoms with Crippen LogP contribution in [-0.2, 0) is 4.74 Å². The molecule has 0 aliphatic heterocycles. The number of hydrogen-bond donors (Lipinski definition) is 2. The standard InChI is InChI=1S/C7H11N3O2/c1-12-3-2-8-7(11)6-4-9-10-5-6/h4-5H,2-3H2,1H3,(H,8,11)(H,9,10). The van der Waals surface area contributed by atoms with E-state index in [1.165, 1.54) is 6.20 Å². The zero-order valence-electron chi connectivity index (χ0n) is 6.83. The van der Waals surface area contributed by atoms with Crippen LogP contribution in [-0.4, -0.2) is 36.4 Å². The number of aromatic nitrogens is 2. The summed E-state index contributed by atoms with van der Waals surface area (Å²) in [6.45, 7) is 1.03. The maximum absolute atomic E-state index is 11.2. The molecular formula is C7H11N3O2. The van der Waals surface area contributed by atoms with Crippen molar-refractivity contribution >= 4 is 5.91 Å². The van der Waals surface area contributed by atoms with Crippen molar-refractivity contribution in [2.45, 2.75) is 0 Å². The molecule has 2 N–H and O–H groups in total. The number of carbonyl (C=O) groups is 1. The van der Waals surface area contributed by atoms with Gasteiger partial charge in [-0.25, -0.2) is 0 Å². The molecule has 1 amide bonds. The Morgan fingerprint density at radius 1 is 1.83 bits per heavy atom. The van der Waals surface area contributed by atoms with Crippen LogP contribution in [0, 0.1) is 0 Å². The highest BCUT2D eigenvalue weighted by molar-refractivity contribution is 5.93. The van der Waals surface area contributed by atoms with E-state index in [-0.39, 0.29) is 5.91 Å². The van der Waals surface area contributed by atoms with Gasteiger partial charge in [0, 0.05) is 19.9 Å². The number of rotatable bonds is 4. The number of H-pyrrole nitrogens is 1. The Morgan fingerprint density at radius 3 is 3.25 bits per heavy atom. The minimum absolute atomic E-state index is 0.138. The predicted octanol–water partition coefficient (Wildman–Crippen LogP) is -0.214. The number of aromatic amines is 1. The fourth-order valence-corrected chi connectivity index (χ4v) is 0.744. The predicted molar refractivity (Wildman–Crippen MR) is 42.8 cm³/mol. The molecule has 12 heavy (non-hydrogen) atoms. The van der Waals surface area contributed by atoms with Gasteiger partial charge in [-0.3, -0.25) is 9.89 Å². The first-order chi connectivity index (χ1) is 5.84.